The summed E-state index contributed by atoms with van der Waals surface area (Å²) in [6, 6.07) is 0. The van der Waals surface area contributed by atoms with Gasteiger partial charge in [0.1, 0.15) is 0 Å². The van der Waals surface area contributed by atoms with Crippen molar-refractivity contribution in [3.05, 3.63) is 0 Å². The molecule has 2 heteroatoms. The van der Waals surface area contributed by atoms with Crippen LogP contribution in [-0.4, -0.2) is 30.1 Å². The molecular weight excluding hydrogens is 172 g/mol. The molecular formula is C12H26N2. The zero-order valence-electron chi connectivity index (χ0n) is 10.1. The van der Waals surface area contributed by atoms with Crippen molar-refractivity contribution in [1.29, 1.82) is 0 Å². The van der Waals surface area contributed by atoms with Crippen molar-refractivity contribution in [2.24, 2.45) is 11.7 Å². The van der Waals surface area contributed by atoms with Gasteiger partial charge in [-0.1, -0.05) is 26.7 Å². The highest BCUT2D eigenvalue weighted by atomic mass is 15.2. The summed E-state index contributed by atoms with van der Waals surface area (Å²) in [6.07, 6.45) is 5.39. The highest BCUT2D eigenvalue weighted by Gasteiger charge is 2.35. The lowest BCUT2D eigenvalue weighted by Gasteiger charge is -2.40. The Morgan fingerprint density at radius 3 is 2.36 bits per heavy atom. The van der Waals surface area contributed by atoms with Gasteiger partial charge in [0.15, 0.2) is 0 Å². The van der Waals surface area contributed by atoms with Gasteiger partial charge in [-0.05, 0) is 38.8 Å². The molecule has 1 rings (SSSR count). The van der Waals surface area contributed by atoms with E-state index in [1.165, 1.54) is 32.2 Å². The molecule has 0 radical (unpaired) electrons. The van der Waals surface area contributed by atoms with Gasteiger partial charge in [-0.15, -0.1) is 0 Å². The van der Waals surface area contributed by atoms with Crippen molar-refractivity contribution in [3.8, 4) is 0 Å². The summed E-state index contributed by atoms with van der Waals surface area (Å²) in [6.45, 7) is 9.96. The Morgan fingerprint density at radius 2 is 2.00 bits per heavy atom. The van der Waals surface area contributed by atoms with Crippen LogP contribution in [0.2, 0.25) is 0 Å². The SMILES string of the molecule is CCCN(CC)C(C)(CN)CC1CC1. The zero-order chi connectivity index (χ0) is 10.6. The summed E-state index contributed by atoms with van der Waals surface area (Å²) >= 11 is 0. The van der Waals surface area contributed by atoms with Gasteiger partial charge >= 0.3 is 0 Å². The van der Waals surface area contributed by atoms with E-state index in [1.54, 1.807) is 0 Å². The molecule has 0 saturated heterocycles. The quantitative estimate of drug-likeness (QED) is 0.680. The Kier molecular flexibility index (Phi) is 4.39. The molecule has 0 aromatic carbocycles. The molecule has 1 saturated carbocycles. The van der Waals surface area contributed by atoms with E-state index in [-0.39, 0.29) is 5.54 Å². The maximum absolute atomic E-state index is 5.95. The number of hydrogen-bond donors (Lipinski definition) is 1. The Morgan fingerprint density at radius 1 is 1.36 bits per heavy atom. The number of nitrogens with zero attached hydrogens (tertiary/aromatic N) is 1. The smallest absolute Gasteiger partial charge is 0.0306 e. The molecule has 1 aliphatic carbocycles. The van der Waals surface area contributed by atoms with E-state index in [9.17, 15) is 0 Å². The van der Waals surface area contributed by atoms with E-state index in [0.717, 1.165) is 19.0 Å². The highest BCUT2D eigenvalue weighted by Crippen LogP contribution is 2.38. The Hall–Kier alpha value is -0.0800. The average molecular weight is 198 g/mol. The predicted molar refractivity (Wildman–Crippen MR) is 62.3 cm³/mol. The molecule has 0 heterocycles. The number of likely N-dealkylation sites (N-methyl/N-ethyl adjacent to an activating group) is 1. The summed E-state index contributed by atoms with van der Waals surface area (Å²) in [5, 5.41) is 0. The van der Waals surface area contributed by atoms with Crippen LogP contribution in [0.25, 0.3) is 0 Å². The second-order valence-electron chi connectivity index (χ2n) is 4.93. The molecule has 0 aliphatic heterocycles. The minimum absolute atomic E-state index is 0.256. The predicted octanol–water partition coefficient (Wildman–Crippen LogP) is 2.24. The van der Waals surface area contributed by atoms with Crippen LogP contribution in [0.5, 0.6) is 0 Å². The van der Waals surface area contributed by atoms with E-state index in [1.807, 2.05) is 0 Å². The van der Waals surface area contributed by atoms with Gasteiger partial charge < -0.3 is 5.73 Å². The van der Waals surface area contributed by atoms with Crippen LogP contribution in [0.4, 0.5) is 0 Å². The fourth-order valence-electron chi connectivity index (χ4n) is 2.37. The molecule has 0 bridgehead atoms. The summed E-state index contributed by atoms with van der Waals surface area (Å²) in [5.74, 6) is 0.967. The molecule has 14 heavy (non-hydrogen) atoms. The molecule has 0 amide bonds. The van der Waals surface area contributed by atoms with Gasteiger partial charge in [-0.2, -0.15) is 0 Å². The first-order chi connectivity index (χ1) is 6.66. The zero-order valence-corrected chi connectivity index (χ0v) is 10.1. The molecule has 0 spiro atoms. The largest absolute Gasteiger partial charge is 0.329 e. The van der Waals surface area contributed by atoms with E-state index < -0.39 is 0 Å². The standard InChI is InChI=1S/C12H26N2/c1-4-8-14(5-2)12(3,10-13)9-11-6-7-11/h11H,4-10,13H2,1-3H3. The molecule has 1 fully saturated rings. The second-order valence-corrected chi connectivity index (χ2v) is 4.93. The van der Waals surface area contributed by atoms with Crippen molar-refractivity contribution in [2.45, 2.75) is 52.0 Å². The first-order valence-corrected chi connectivity index (χ1v) is 6.11. The van der Waals surface area contributed by atoms with Crippen LogP contribution >= 0.6 is 0 Å². The maximum atomic E-state index is 5.95. The molecule has 84 valence electrons. The average Bonchev–Trinajstić information content (AvgIpc) is 2.97. The van der Waals surface area contributed by atoms with Gasteiger partial charge in [0.2, 0.25) is 0 Å². The molecule has 1 unspecified atom stereocenters. The Balaban J connectivity index is 2.52. The summed E-state index contributed by atoms with van der Waals surface area (Å²) in [5.41, 5.74) is 6.20. The Bertz CT molecular complexity index is 166. The summed E-state index contributed by atoms with van der Waals surface area (Å²) in [4.78, 5) is 2.56. The number of nitrogens with two attached hydrogens (primary N) is 1. The minimum Gasteiger partial charge on any atom is -0.329 e. The van der Waals surface area contributed by atoms with Gasteiger partial charge in [0.25, 0.3) is 0 Å². The van der Waals surface area contributed by atoms with Gasteiger partial charge in [-0.25, -0.2) is 0 Å². The van der Waals surface area contributed by atoms with Crippen LogP contribution < -0.4 is 5.73 Å². The van der Waals surface area contributed by atoms with E-state index in [0.29, 0.717) is 0 Å². The molecule has 2 N–H and O–H groups in total. The first-order valence-electron chi connectivity index (χ1n) is 6.11. The van der Waals surface area contributed by atoms with Crippen molar-refractivity contribution >= 4 is 0 Å². The topological polar surface area (TPSA) is 29.3 Å². The molecule has 1 aliphatic rings. The maximum Gasteiger partial charge on any atom is 0.0306 e. The van der Waals surface area contributed by atoms with Crippen molar-refractivity contribution < 1.29 is 0 Å². The van der Waals surface area contributed by atoms with E-state index in [2.05, 4.69) is 25.7 Å². The molecule has 0 aromatic rings. The number of hydrogen-bond acceptors (Lipinski definition) is 2. The van der Waals surface area contributed by atoms with Gasteiger partial charge in [0.05, 0.1) is 0 Å². The van der Waals surface area contributed by atoms with Crippen molar-refractivity contribution in [1.82, 2.24) is 4.90 Å². The van der Waals surface area contributed by atoms with E-state index >= 15 is 0 Å². The summed E-state index contributed by atoms with van der Waals surface area (Å²) in [7, 11) is 0. The fraction of sp³-hybridized carbons (Fsp3) is 1.00. The van der Waals surface area contributed by atoms with E-state index in [4.69, 9.17) is 5.73 Å². The lowest BCUT2D eigenvalue weighted by atomic mass is 9.92. The van der Waals surface area contributed by atoms with Crippen molar-refractivity contribution in [3.63, 3.8) is 0 Å². The second kappa shape index (κ2) is 5.13. The lowest BCUT2D eigenvalue weighted by Crippen LogP contribution is -2.52. The molecule has 1 atom stereocenters. The fourth-order valence-corrected chi connectivity index (χ4v) is 2.37. The minimum atomic E-state index is 0.256. The first kappa shape index (κ1) is 12.0. The van der Waals surface area contributed by atoms with Crippen LogP contribution in [0.1, 0.15) is 46.5 Å². The normalized spacial score (nSPS) is 21.2. The third kappa shape index (κ3) is 2.96. The summed E-state index contributed by atoms with van der Waals surface area (Å²) < 4.78 is 0. The third-order valence-electron chi connectivity index (χ3n) is 3.50. The third-order valence-corrected chi connectivity index (χ3v) is 3.50. The molecule has 2 nitrogen and oxygen atoms in total. The van der Waals surface area contributed by atoms with Crippen LogP contribution in [0, 0.1) is 5.92 Å². The van der Waals surface area contributed by atoms with Crippen LogP contribution in [0.15, 0.2) is 0 Å². The van der Waals surface area contributed by atoms with Crippen LogP contribution in [0.3, 0.4) is 0 Å². The highest BCUT2D eigenvalue weighted by molar-refractivity contribution is 4.92. The van der Waals surface area contributed by atoms with Crippen molar-refractivity contribution in [2.75, 3.05) is 19.6 Å². The molecule has 0 aromatic heterocycles. The van der Waals surface area contributed by atoms with Gasteiger partial charge in [-0.3, -0.25) is 4.90 Å². The Labute approximate surface area is 88.8 Å². The van der Waals surface area contributed by atoms with Gasteiger partial charge in [0, 0.05) is 12.1 Å². The monoisotopic (exact) mass is 198 g/mol. The number of rotatable bonds is 7. The van der Waals surface area contributed by atoms with Crippen LogP contribution in [-0.2, 0) is 0 Å². The lowest BCUT2D eigenvalue weighted by molar-refractivity contribution is 0.102.